The van der Waals surface area contributed by atoms with Crippen LogP contribution < -0.4 is 10.6 Å². The van der Waals surface area contributed by atoms with Gasteiger partial charge in [0, 0.05) is 20.7 Å². The van der Waals surface area contributed by atoms with Gasteiger partial charge in [0.2, 0.25) is 5.91 Å². The molecular weight excluding hydrogens is 304 g/mol. The number of carbonyl (C=O) groups is 1. The zero-order chi connectivity index (χ0) is 13.1. The van der Waals surface area contributed by atoms with Gasteiger partial charge in [-0.15, -0.1) is 0 Å². The van der Waals surface area contributed by atoms with E-state index in [0.29, 0.717) is 5.02 Å². The average molecular weight is 320 g/mol. The number of hydrogen-bond donors (Lipinski definition) is 2. The highest BCUT2D eigenvalue weighted by Crippen LogP contribution is 2.25. The Kier molecular flexibility index (Phi) is 4.83. The largest absolute Gasteiger partial charge is 0.375 e. The van der Waals surface area contributed by atoms with E-state index in [-0.39, 0.29) is 18.0 Å². The second kappa shape index (κ2) is 5.74. The van der Waals surface area contributed by atoms with E-state index in [9.17, 15) is 4.79 Å². The number of rotatable bonds is 3. The molecule has 0 aliphatic rings. The number of nitrogens with one attached hydrogen (secondary N) is 2. The maximum Gasteiger partial charge on any atom is 0.239 e. The molecular formula is C12H16BrClN2O. The molecule has 0 unspecified atom stereocenters. The van der Waals surface area contributed by atoms with E-state index in [1.807, 2.05) is 26.8 Å². The predicted octanol–water partition coefficient (Wildman–Crippen LogP) is 3.43. The minimum Gasteiger partial charge on any atom is -0.375 e. The first-order chi connectivity index (χ1) is 7.78. The maximum absolute atomic E-state index is 11.6. The summed E-state index contributed by atoms with van der Waals surface area (Å²) in [4.78, 5) is 11.6. The van der Waals surface area contributed by atoms with Gasteiger partial charge in [0.15, 0.2) is 0 Å². The number of benzene rings is 1. The third kappa shape index (κ3) is 5.41. The first-order valence-electron chi connectivity index (χ1n) is 5.28. The zero-order valence-electron chi connectivity index (χ0n) is 10.1. The van der Waals surface area contributed by atoms with Crippen molar-refractivity contribution < 1.29 is 4.79 Å². The van der Waals surface area contributed by atoms with Crippen LogP contribution in [-0.4, -0.2) is 18.0 Å². The fraction of sp³-hybridized carbons (Fsp3) is 0.417. The lowest BCUT2D eigenvalue weighted by atomic mass is 10.1. The van der Waals surface area contributed by atoms with E-state index in [0.717, 1.165) is 10.2 Å². The molecule has 5 heteroatoms. The number of hydrogen-bond acceptors (Lipinski definition) is 2. The Bertz CT molecular complexity index is 415. The molecule has 0 heterocycles. The van der Waals surface area contributed by atoms with Gasteiger partial charge in [-0.3, -0.25) is 4.79 Å². The van der Waals surface area contributed by atoms with Crippen LogP contribution in [0.3, 0.4) is 0 Å². The van der Waals surface area contributed by atoms with Crippen molar-refractivity contribution in [1.29, 1.82) is 0 Å². The van der Waals surface area contributed by atoms with Crippen molar-refractivity contribution in [2.75, 3.05) is 11.9 Å². The normalized spacial score (nSPS) is 11.1. The van der Waals surface area contributed by atoms with Gasteiger partial charge >= 0.3 is 0 Å². The summed E-state index contributed by atoms with van der Waals surface area (Å²) < 4.78 is 0.841. The Hall–Kier alpha value is -0.740. The molecule has 0 spiro atoms. The minimum absolute atomic E-state index is 0.0423. The third-order valence-corrected chi connectivity index (χ3v) is 2.78. The SMILES string of the molecule is CC(C)(C)NC(=O)CNc1ccc(Cl)cc1Br. The van der Waals surface area contributed by atoms with Crippen LogP contribution in [0.15, 0.2) is 22.7 Å². The van der Waals surface area contributed by atoms with Crippen molar-refractivity contribution in [3.63, 3.8) is 0 Å². The standard InChI is InChI=1S/C12H16BrClN2O/c1-12(2,3)16-11(17)7-15-10-5-4-8(14)6-9(10)13/h4-6,15H,7H2,1-3H3,(H,16,17). The van der Waals surface area contributed by atoms with Crippen molar-refractivity contribution in [1.82, 2.24) is 5.32 Å². The summed E-state index contributed by atoms with van der Waals surface area (Å²) in [6, 6.07) is 5.39. The number of carbonyl (C=O) groups excluding carboxylic acids is 1. The summed E-state index contributed by atoms with van der Waals surface area (Å²) in [6.45, 7) is 6.08. The van der Waals surface area contributed by atoms with Crippen LogP contribution in [0, 0.1) is 0 Å². The second-order valence-corrected chi connectivity index (χ2v) is 6.07. The van der Waals surface area contributed by atoms with Gasteiger partial charge in [0.25, 0.3) is 0 Å². The predicted molar refractivity (Wildman–Crippen MR) is 75.5 cm³/mol. The number of anilines is 1. The average Bonchev–Trinajstić information content (AvgIpc) is 2.13. The van der Waals surface area contributed by atoms with Gasteiger partial charge in [-0.1, -0.05) is 11.6 Å². The molecule has 0 aliphatic carbocycles. The molecule has 0 atom stereocenters. The smallest absolute Gasteiger partial charge is 0.239 e. The Morgan fingerprint density at radius 2 is 2.06 bits per heavy atom. The molecule has 3 nitrogen and oxygen atoms in total. The Balaban J connectivity index is 2.53. The van der Waals surface area contributed by atoms with Crippen LogP contribution in [0.25, 0.3) is 0 Å². The molecule has 0 saturated heterocycles. The highest BCUT2D eigenvalue weighted by atomic mass is 79.9. The van der Waals surface area contributed by atoms with Gasteiger partial charge in [-0.25, -0.2) is 0 Å². The molecule has 0 aliphatic heterocycles. The molecule has 0 radical (unpaired) electrons. The Labute approximate surface area is 115 Å². The quantitative estimate of drug-likeness (QED) is 0.896. The van der Waals surface area contributed by atoms with Gasteiger partial charge < -0.3 is 10.6 Å². The van der Waals surface area contributed by atoms with Crippen molar-refractivity contribution in [3.05, 3.63) is 27.7 Å². The Morgan fingerprint density at radius 1 is 1.41 bits per heavy atom. The molecule has 0 bridgehead atoms. The van der Waals surface area contributed by atoms with Crippen LogP contribution in [0.5, 0.6) is 0 Å². The van der Waals surface area contributed by atoms with E-state index in [1.54, 1.807) is 12.1 Å². The van der Waals surface area contributed by atoms with Crippen LogP contribution in [-0.2, 0) is 4.79 Å². The fourth-order valence-corrected chi connectivity index (χ4v) is 2.09. The molecule has 1 amide bonds. The van der Waals surface area contributed by atoms with Gasteiger partial charge in [0.05, 0.1) is 6.54 Å². The molecule has 1 aromatic carbocycles. The second-order valence-electron chi connectivity index (χ2n) is 4.78. The summed E-state index contributed by atoms with van der Waals surface area (Å²) in [5, 5.41) is 6.58. The van der Waals surface area contributed by atoms with Crippen molar-refractivity contribution >= 4 is 39.1 Å². The highest BCUT2D eigenvalue weighted by Gasteiger charge is 2.13. The molecule has 0 saturated carbocycles. The van der Waals surface area contributed by atoms with Crippen molar-refractivity contribution in [2.24, 2.45) is 0 Å². The third-order valence-electron chi connectivity index (χ3n) is 1.88. The monoisotopic (exact) mass is 318 g/mol. The van der Waals surface area contributed by atoms with Crippen LogP contribution in [0.4, 0.5) is 5.69 Å². The van der Waals surface area contributed by atoms with Gasteiger partial charge in [-0.05, 0) is 54.9 Å². The number of halogens is 2. The molecule has 2 N–H and O–H groups in total. The summed E-state index contributed by atoms with van der Waals surface area (Å²) in [5.41, 5.74) is 0.633. The van der Waals surface area contributed by atoms with E-state index >= 15 is 0 Å². The summed E-state index contributed by atoms with van der Waals surface area (Å²) in [5.74, 6) is -0.0423. The summed E-state index contributed by atoms with van der Waals surface area (Å²) in [6.07, 6.45) is 0. The van der Waals surface area contributed by atoms with Crippen molar-refractivity contribution in [2.45, 2.75) is 26.3 Å². The molecule has 0 fully saturated rings. The topological polar surface area (TPSA) is 41.1 Å². The van der Waals surface area contributed by atoms with Crippen LogP contribution >= 0.6 is 27.5 Å². The van der Waals surface area contributed by atoms with E-state index < -0.39 is 0 Å². The van der Waals surface area contributed by atoms with E-state index in [4.69, 9.17) is 11.6 Å². The zero-order valence-corrected chi connectivity index (χ0v) is 12.4. The lowest BCUT2D eigenvalue weighted by Crippen LogP contribution is -2.43. The molecule has 1 aromatic rings. The summed E-state index contributed by atoms with van der Waals surface area (Å²) >= 11 is 9.21. The lowest BCUT2D eigenvalue weighted by molar-refractivity contribution is -0.120. The van der Waals surface area contributed by atoms with E-state index in [2.05, 4.69) is 26.6 Å². The lowest BCUT2D eigenvalue weighted by Gasteiger charge is -2.20. The van der Waals surface area contributed by atoms with Crippen LogP contribution in [0.1, 0.15) is 20.8 Å². The maximum atomic E-state index is 11.6. The fourth-order valence-electron chi connectivity index (χ4n) is 1.27. The van der Waals surface area contributed by atoms with Crippen LogP contribution in [0.2, 0.25) is 5.02 Å². The summed E-state index contributed by atoms with van der Waals surface area (Å²) in [7, 11) is 0. The Morgan fingerprint density at radius 3 is 2.59 bits per heavy atom. The first-order valence-corrected chi connectivity index (χ1v) is 6.45. The molecule has 17 heavy (non-hydrogen) atoms. The minimum atomic E-state index is -0.212. The number of amides is 1. The molecule has 94 valence electrons. The van der Waals surface area contributed by atoms with Gasteiger partial charge in [0.1, 0.15) is 0 Å². The highest BCUT2D eigenvalue weighted by molar-refractivity contribution is 9.10. The molecule has 0 aromatic heterocycles. The molecule has 1 rings (SSSR count). The van der Waals surface area contributed by atoms with Gasteiger partial charge in [-0.2, -0.15) is 0 Å². The van der Waals surface area contributed by atoms with Crippen molar-refractivity contribution in [3.8, 4) is 0 Å². The first kappa shape index (κ1) is 14.3. The van der Waals surface area contributed by atoms with E-state index in [1.165, 1.54) is 0 Å².